The number of benzene rings is 1. The van der Waals surface area contributed by atoms with E-state index < -0.39 is 0 Å². The van der Waals surface area contributed by atoms with Crippen LogP contribution in [0.3, 0.4) is 0 Å². The smallest absolute Gasteiger partial charge is 0.191 e. The first-order chi connectivity index (χ1) is 13.8. The van der Waals surface area contributed by atoms with Crippen molar-refractivity contribution in [2.24, 2.45) is 4.99 Å². The van der Waals surface area contributed by atoms with Gasteiger partial charge < -0.3 is 19.9 Å². The van der Waals surface area contributed by atoms with Gasteiger partial charge in [0.25, 0.3) is 0 Å². The third-order valence-electron chi connectivity index (χ3n) is 5.15. The molecule has 0 atom stereocenters. The summed E-state index contributed by atoms with van der Waals surface area (Å²) in [7, 11) is 1.80. The van der Waals surface area contributed by atoms with Crippen LogP contribution in [0.4, 0.5) is 0 Å². The summed E-state index contributed by atoms with van der Waals surface area (Å²) in [5.41, 5.74) is 1.27. The van der Waals surface area contributed by atoms with E-state index in [0.717, 1.165) is 37.9 Å². The van der Waals surface area contributed by atoms with Crippen LogP contribution in [-0.4, -0.2) is 41.8 Å². The van der Waals surface area contributed by atoms with Crippen LogP contribution in [0.5, 0.6) is 0 Å². The second-order valence-corrected chi connectivity index (χ2v) is 7.29. The molecule has 1 fully saturated rings. The molecule has 0 saturated heterocycles. The lowest BCUT2D eigenvalue weighted by atomic mass is 9.98. The van der Waals surface area contributed by atoms with Crippen LogP contribution in [0, 0.1) is 0 Å². The molecule has 0 spiro atoms. The van der Waals surface area contributed by atoms with E-state index in [1.807, 2.05) is 18.5 Å². The molecule has 6 nitrogen and oxygen atoms in total. The van der Waals surface area contributed by atoms with Crippen molar-refractivity contribution in [2.45, 2.75) is 57.7 Å². The van der Waals surface area contributed by atoms with Crippen molar-refractivity contribution in [3.8, 4) is 0 Å². The minimum absolute atomic E-state index is 0.481. The first kappa shape index (κ1) is 20.4. The van der Waals surface area contributed by atoms with Crippen molar-refractivity contribution in [3.05, 3.63) is 54.1 Å². The Hall–Kier alpha value is -2.34. The molecule has 0 bridgehead atoms. The Balaban J connectivity index is 1.35. The fourth-order valence-corrected chi connectivity index (χ4v) is 3.58. The molecule has 6 heteroatoms. The number of aromatic nitrogens is 2. The molecular formula is C22H33N5O. The van der Waals surface area contributed by atoms with Gasteiger partial charge in [-0.25, -0.2) is 4.98 Å². The molecule has 2 aromatic rings. The lowest BCUT2D eigenvalue weighted by Crippen LogP contribution is -2.38. The summed E-state index contributed by atoms with van der Waals surface area (Å²) >= 11 is 0. The van der Waals surface area contributed by atoms with Crippen LogP contribution >= 0.6 is 0 Å². The van der Waals surface area contributed by atoms with E-state index >= 15 is 0 Å². The molecule has 0 radical (unpaired) electrons. The zero-order chi connectivity index (χ0) is 19.4. The third-order valence-corrected chi connectivity index (χ3v) is 5.15. The Labute approximate surface area is 168 Å². The van der Waals surface area contributed by atoms with Gasteiger partial charge >= 0.3 is 0 Å². The number of rotatable bonds is 9. The lowest BCUT2D eigenvalue weighted by Gasteiger charge is -2.22. The molecule has 1 aromatic carbocycles. The first-order valence-corrected chi connectivity index (χ1v) is 10.4. The topological polar surface area (TPSA) is 63.5 Å². The molecular weight excluding hydrogens is 350 g/mol. The van der Waals surface area contributed by atoms with Crippen LogP contribution in [0.1, 0.15) is 49.9 Å². The Morgan fingerprint density at radius 3 is 2.79 bits per heavy atom. The molecule has 1 saturated carbocycles. The summed E-state index contributed by atoms with van der Waals surface area (Å²) in [6.45, 7) is 3.13. The van der Waals surface area contributed by atoms with Gasteiger partial charge in [-0.1, -0.05) is 49.6 Å². The van der Waals surface area contributed by atoms with Gasteiger partial charge in [0.2, 0.25) is 0 Å². The fourth-order valence-electron chi connectivity index (χ4n) is 3.58. The lowest BCUT2D eigenvalue weighted by molar-refractivity contribution is 0.0277. The number of hydrogen-bond acceptors (Lipinski definition) is 3. The normalized spacial score (nSPS) is 15.5. The zero-order valence-corrected chi connectivity index (χ0v) is 16.9. The minimum atomic E-state index is 0.481. The van der Waals surface area contributed by atoms with E-state index in [4.69, 9.17) is 4.74 Å². The molecule has 0 aliphatic heterocycles. The van der Waals surface area contributed by atoms with E-state index in [1.54, 1.807) is 7.05 Å². The Morgan fingerprint density at radius 1 is 1.18 bits per heavy atom. The molecule has 1 heterocycles. The van der Waals surface area contributed by atoms with Gasteiger partial charge in [-0.3, -0.25) is 4.99 Å². The number of guanidine groups is 1. The second-order valence-electron chi connectivity index (χ2n) is 7.29. The average molecular weight is 384 g/mol. The molecule has 1 aromatic heterocycles. The van der Waals surface area contributed by atoms with E-state index in [0.29, 0.717) is 12.6 Å². The quantitative estimate of drug-likeness (QED) is 0.396. The molecule has 3 rings (SSSR count). The van der Waals surface area contributed by atoms with Crippen molar-refractivity contribution in [3.63, 3.8) is 0 Å². The monoisotopic (exact) mass is 383 g/mol. The molecule has 152 valence electrons. The Kier molecular flexibility index (Phi) is 8.37. The van der Waals surface area contributed by atoms with Crippen molar-refractivity contribution in [2.75, 3.05) is 20.2 Å². The van der Waals surface area contributed by atoms with E-state index in [2.05, 4.69) is 49.4 Å². The molecule has 0 amide bonds. The second kappa shape index (κ2) is 11.5. The SMILES string of the molecule is CN=C(NCCCOC1CCCCC1)NCc1nccn1Cc1ccccc1. The first-order valence-electron chi connectivity index (χ1n) is 10.4. The summed E-state index contributed by atoms with van der Waals surface area (Å²) in [6, 6.07) is 10.4. The minimum Gasteiger partial charge on any atom is -0.378 e. The van der Waals surface area contributed by atoms with E-state index in [-0.39, 0.29) is 0 Å². The van der Waals surface area contributed by atoms with E-state index in [1.165, 1.54) is 37.7 Å². The maximum Gasteiger partial charge on any atom is 0.191 e. The van der Waals surface area contributed by atoms with Gasteiger partial charge in [0.1, 0.15) is 5.82 Å². The van der Waals surface area contributed by atoms with E-state index in [9.17, 15) is 0 Å². The largest absolute Gasteiger partial charge is 0.378 e. The number of imidazole rings is 1. The highest BCUT2D eigenvalue weighted by atomic mass is 16.5. The van der Waals surface area contributed by atoms with Crippen LogP contribution in [0.15, 0.2) is 47.7 Å². The summed E-state index contributed by atoms with van der Waals surface area (Å²) in [6.07, 6.45) is 11.8. The Morgan fingerprint density at radius 2 is 2.00 bits per heavy atom. The van der Waals surface area contributed by atoms with Crippen LogP contribution < -0.4 is 10.6 Å². The van der Waals surface area contributed by atoms with Crippen molar-refractivity contribution in [1.29, 1.82) is 0 Å². The van der Waals surface area contributed by atoms with Gasteiger partial charge in [0.05, 0.1) is 12.6 Å². The zero-order valence-electron chi connectivity index (χ0n) is 16.9. The average Bonchev–Trinajstić information content (AvgIpc) is 3.18. The van der Waals surface area contributed by atoms with Crippen molar-refractivity contribution in [1.82, 2.24) is 20.2 Å². The molecule has 1 aliphatic carbocycles. The third kappa shape index (κ3) is 6.68. The Bertz CT molecular complexity index is 707. The maximum absolute atomic E-state index is 5.98. The van der Waals surface area contributed by atoms with Crippen LogP contribution in [0.2, 0.25) is 0 Å². The summed E-state index contributed by atoms with van der Waals surface area (Å²) in [4.78, 5) is 8.78. The fraction of sp³-hybridized carbons (Fsp3) is 0.545. The highest BCUT2D eigenvalue weighted by Gasteiger charge is 2.13. The van der Waals surface area contributed by atoms with Gasteiger partial charge in [-0.05, 0) is 24.8 Å². The van der Waals surface area contributed by atoms with Gasteiger partial charge in [0, 0.05) is 39.1 Å². The highest BCUT2D eigenvalue weighted by Crippen LogP contribution is 2.20. The van der Waals surface area contributed by atoms with Gasteiger partial charge in [-0.2, -0.15) is 0 Å². The maximum atomic E-state index is 5.98. The highest BCUT2D eigenvalue weighted by molar-refractivity contribution is 5.79. The predicted octanol–water partition coefficient (Wildman–Crippen LogP) is 3.34. The number of hydrogen-bond donors (Lipinski definition) is 2. The number of aliphatic imine (C=N–C) groups is 1. The number of nitrogens with zero attached hydrogens (tertiary/aromatic N) is 3. The van der Waals surface area contributed by atoms with Gasteiger partial charge in [0.15, 0.2) is 5.96 Å². The predicted molar refractivity (Wildman–Crippen MR) is 113 cm³/mol. The molecule has 1 aliphatic rings. The molecule has 0 unspecified atom stereocenters. The van der Waals surface area contributed by atoms with Crippen LogP contribution in [0.25, 0.3) is 0 Å². The summed E-state index contributed by atoms with van der Waals surface area (Å²) in [5, 5.41) is 6.71. The number of ether oxygens (including phenoxy) is 1. The summed E-state index contributed by atoms with van der Waals surface area (Å²) < 4.78 is 8.14. The van der Waals surface area contributed by atoms with Gasteiger partial charge in [-0.15, -0.1) is 0 Å². The number of nitrogens with one attached hydrogen (secondary N) is 2. The van der Waals surface area contributed by atoms with Crippen molar-refractivity contribution < 1.29 is 4.74 Å². The summed E-state index contributed by atoms with van der Waals surface area (Å²) in [5.74, 6) is 1.79. The standard InChI is InChI=1S/C22H33N5O/c1-23-22(25-13-8-16-28-20-11-6-3-7-12-20)26-17-21-24-14-15-27(21)18-19-9-4-2-5-10-19/h2,4-5,9-10,14-15,20H,3,6-8,11-13,16-18H2,1H3,(H2,23,25,26). The molecule has 2 N–H and O–H groups in total. The van der Waals surface area contributed by atoms with Crippen molar-refractivity contribution >= 4 is 5.96 Å². The van der Waals surface area contributed by atoms with Crippen LogP contribution in [-0.2, 0) is 17.8 Å². The molecule has 28 heavy (non-hydrogen) atoms.